The van der Waals surface area contributed by atoms with Crippen LogP contribution in [0.3, 0.4) is 0 Å². The lowest BCUT2D eigenvalue weighted by molar-refractivity contribution is 0.0576. The van der Waals surface area contributed by atoms with Crippen LogP contribution >= 0.6 is 0 Å². The molecule has 0 aliphatic carbocycles. The van der Waals surface area contributed by atoms with Crippen LogP contribution in [-0.4, -0.2) is 58.2 Å². The van der Waals surface area contributed by atoms with Gasteiger partial charge in [0.1, 0.15) is 5.69 Å². The first-order valence-corrected chi connectivity index (χ1v) is 6.54. The molecule has 1 aliphatic heterocycles. The van der Waals surface area contributed by atoms with Crippen LogP contribution in [0.2, 0.25) is 0 Å². The Morgan fingerprint density at radius 1 is 1.35 bits per heavy atom. The molecule has 1 aromatic carbocycles. The first-order valence-electron chi connectivity index (χ1n) is 6.54. The molecule has 1 fully saturated rings. The SMILES string of the molecule is CN(C(=O)c1cnc2ccccc2n1)[C@@H]1CNC[C@H]1O. The maximum absolute atomic E-state index is 12.4. The van der Waals surface area contributed by atoms with Crippen molar-refractivity contribution in [3.8, 4) is 0 Å². The molecule has 1 aromatic heterocycles. The van der Waals surface area contributed by atoms with Gasteiger partial charge in [-0.3, -0.25) is 9.78 Å². The highest BCUT2D eigenvalue weighted by molar-refractivity contribution is 5.93. The number of nitrogens with one attached hydrogen (secondary N) is 1. The number of benzene rings is 1. The molecule has 2 atom stereocenters. The number of para-hydroxylation sites is 2. The fourth-order valence-corrected chi connectivity index (χ4v) is 2.44. The Labute approximate surface area is 116 Å². The molecule has 20 heavy (non-hydrogen) atoms. The van der Waals surface area contributed by atoms with E-state index in [0.29, 0.717) is 24.3 Å². The molecule has 0 radical (unpaired) electrons. The summed E-state index contributed by atoms with van der Waals surface area (Å²) in [5.41, 5.74) is 1.75. The Hall–Kier alpha value is -2.05. The van der Waals surface area contributed by atoms with Gasteiger partial charge in [0.25, 0.3) is 5.91 Å². The number of fused-ring (bicyclic) bond motifs is 1. The Morgan fingerprint density at radius 3 is 2.80 bits per heavy atom. The lowest BCUT2D eigenvalue weighted by Crippen LogP contribution is -2.44. The van der Waals surface area contributed by atoms with Gasteiger partial charge in [-0.05, 0) is 12.1 Å². The van der Waals surface area contributed by atoms with Crippen molar-refractivity contribution in [2.24, 2.45) is 0 Å². The van der Waals surface area contributed by atoms with E-state index in [0.717, 1.165) is 5.52 Å². The summed E-state index contributed by atoms with van der Waals surface area (Å²) in [6.07, 6.45) is 0.938. The first kappa shape index (κ1) is 13.0. The maximum Gasteiger partial charge on any atom is 0.274 e. The second-order valence-corrected chi connectivity index (χ2v) is 4.95. The maximum atomic E-state index is 12.4. The van der Waals surface area contributed by atoms with Gasteiger partial charge in [-0.1, -0.05) is 12.1 Å². The van der Waals surface area contributed by atoms with Crippen LogP contribution in [0.15, 0.2) is 30.5 Å². The molecule has 1 aliphatic rings. The Bertz CT molecular complexity index is 646. The number of hydrogen-bond donors (Lipinski definition) is 2. The molecular weight excluding hydrogens is 256 g/mol. The van der Waals surface area contributed by atoms with Crippen LogP contribution in [-0.2, 0) is 0 Å². The quantitative estimate of drug-likeness (QED) is 0.806. The smallest absolute Gasteiger partial charge is 0.274 e. The number of rotatable bonds is 2. The van der Waals surface area contributed by atoms with Crippen molar-refractivity contribution in [3.63, 3.8) is 0 Å². The molecule has 6 heteroatoms. The second-order valence-electron chi connectivity index (χ2n) is 4.95. The van der Waals surface area contributed by atoms with Crippen LogP contribution in [0.5, 0.6) is 0 Å². The highest BCUT2D eigenvalue weighted by Gasteiger charge is 2.32. The summed E-state index contributed by atoms with van der Waals surface area (Å²) in [5, 5.41) is 12.9. The van der Waals surface area contributed by atoms with E-state index in [2.05, 4.69) is 15.3 Å². The average Bonchev–Trinajstić information content (AvgIpc) is 2.91. The Morgan fingerprint density at radius 2 is 2.10 bits per heavy atom. The molecular formula is C14H16N4O2. The van der Waals surface area contributed by atoms with Gasteiger partial charge in [-0.2, -0.15) is 0 Å². The summed E-state index contributed by atoms with van der Waals surface area (Å²) in [5.74, 6) is -0.226. The lowest BCUT2D eigenvalue weighted by atomic mass is 10.2. The van der Waals surface area contributed by atoms with Crippen molar-refractivity contribution in [1.82, 2.24) is 20.2 Å². The average molecular weight is 272 g/mol. The minimum atomic E-state index is -0.544. The minimum absolute atomic E-state index is 0.226. The Balaban J connectivity index is 1.88. The third-order valence-electron chi connectivity index (χ3n) is 3.64. The molecule has 0 saturated carbocycles. The summed E-state index contributed by atoms with van der Waals surface area (Å²) in [7, 11) is 1.68. The summed E-state index contributed by atoms with van der Waals surface area (Å²) < 4.78 is 0. The highest BCUT2D eigenvalue weighted by atomic mass is 16.3. The normalized spacial score (nSPS) is 22.1. The van der Waals surface area contributed by atoms with E-state index in [4.69, 9.17) is 0 Å². The van der Waals surface area contributed by atoms with Crippen molar-refractivity contribution >= 4 is 16.9 Å². The molecule has 1 amide bonds. The van der Waals surface area contributed by atoms with E-state index >= 15 is 0 Å². The zero-order valence-corrected chi connectivity index (χ0v) is 11.2. The summed E-state index contributed by atoms with van der Waals surface area (Å²) in [6.45, 7) is 1.09. The van der Waals surface area contributed by atoms with Crippen molar-refractivity contribution in [3.05, 3.63) is 36.2 Å². The molecule has 2 aromatic rings. The van der Waals surface area contributed by atoms with Crippen LogP contribution in [0.4, 0.5) is 0 Å². The Kier molecular flexibility index (Phi) is 3.33. The number of aliphatic hydroxyl groups is 1. The second kappa shape index (κ2) is 5.15. The van der Waals surface area contributed by atoms with Crippen LogP contribution in [0.25, 0.3) is 11.0 Å². The number of nitrogens with zero attached hydrogens (tertiary/aromatic N) is 3. The van der Waals surface area contributed by atoms with Crippen LogP contribution in [0.1, 0.15) is 10.5 Å². The summed E-state index contributed by atoms with van der Waals surface area (Å²) in [6, 6.07) is 7.19. The predicted octanol–water partition coefficient (Wildman–Crippen LogP) is 0.0345. The molecule has 0 bridgehead atoms. The van der Waals surface area contributed by atoms with Gasteiger partial charge in [0.2, 0.25) is 0 Å². The van der Waals surface area contributed by atoms with Gasteiger partial charge >= 0.3 is 0 Å². The van der Waals surface area contributed by atoms with Crippen molar-refractivity contribution in [2.75, 3.05) is 20.1 Å². The lowest BCUT2D eigenvalue weighted by Gasteiger charge is -2.25. The summed E-state index contributed by atoms with van der Waals surface area (Å²) >= 11 is 0. The van der Waals surface area contributed by atoms with Crippen molar-refractivity contribution < 1.29 is 9.90 Å². The number of aromatic nitrogens is 2. The zero-order chi connectivity index (χ0) is 14.1. The third kappa shape index (κ3) is 2.23. The van der Waals surface area contributed by atoms with E-state index in [-0.39, 0.29) is 11.9 Å². The molecule has 6 nitrogen and oxygen atoms in total. The molecule has 0 unspecified atom stereocenters. The molecule has 0 spiro atoms. The van der Waals surface area contributed by atoms with Gasteiger partial charge in [0.15, 0.2) is 0 Å². The number of hydrogen-bond acceptors (Lipinski definition) is 5. The van der Waals surface area contributed by atoms with E-state index in [1.165, 1.54) is 11.1 Å². The van der Waals surface area contributed by atoms with E-state index in [9.17, 15) is 9.90 Å². The van der Waals surface area contributed by atoms with Gasteiger partial charge in [0, 0.05) is 20.1 Å². The summed E-state index contributed by atoms with van der Waals surface area (Å²) in [4.78, 5) is 22.5. The van der Waals surface area contributed by atoms with Gasteiger partial charge < -0.3 is 15.3 Å². The van der Waals surface area contributed by atoms with Gasteiger partial charge in [-0.15, -0.1) is 0 Å². The number of β-amino-alcohol motifs (C(OH)–C–C–N with tert-alkyl or cyclic N) is 1. The van der Waals surface area contributed by atoms with Gasteiger partial charge in [0.05, 0.1) is 29.4 Å². The van der Waals surface area contributed by atoms with E-state index < -0.39 is 6.10 Å². The molecule has 1 saturated heterocycles. The number of likely N-dealkylation sites (N-methyl/N-ethyl adjacent to an activating group) is 1. The number of aliphatic hydroxyl groups excluding tert-OH is 1. The number of carbonyl (C=O) groups is 1. The van der Waals surface area contributed by atoms with Gasteiger partial charge in [-0.25, -0.2) is 4.98 Å². The minimum Gasteiger partial charge on any atom is -0.390 e. The third-order valence-corrected chi connectivity index (χ3v) is 3.64. The monoisotopic (exact) mass is 272 g/mol. The molecule has 104 valence electrons. The zero-order valence-electron chi connectivity index (χ0n) is 11.2. The standard InChI is InChI=1S/C14H16N4O2/c1-18(12-7-15-8-13(12)19)14(20)11-6-16-9-4-2-3-5-10(9)17-11/h2-6,12-13,15,19H,7-8H2,1H3/t12-,13-/m1/s1. The topological polar surface area (TPSA) is 78.4 Å². The highest BCUT2D eigenvalue weighted by Crippen LogP contribution is 2.13. The van der Waals surface area contributed by atoms with Crippen LogP contribution in [0, 0.1) is 0 Å². The largest absolute Gasteiger partial charge is 0.390 e. The molecule has 3 rings (SSSR count). The van der Waals surface area contributed by atoms with E-state index in [1.807, 2.05) is 24.3 Å². The fourth-order valence-electron chi connectivity index (χ4n) is 2.44. The number of carbonyl (C=O) groups excluding carboxylic acids is 1. The first-order chi connectivity index (χ1) is 9.66. The van der Waals surface area contributed by atoms with Crippen molar-refractivity contribution in [1.29, 1.82) is 0 Å². The van der Waals surface area contributed by atoms with Crippen molar-refractivity contribution in [2.45, 2.75) is 12.1 Å². The van der Waals surface area contributed by atoms with Crippen LogP contribution < -0.4 is 5.32 Å². The predicted molar refractivity (Wildman–Crippen MR) is 74.3 cm³/mol. The fraction of sp³-hybridized carbons (Fsp3) is 0.357. The molecule has 2 heterocycles. The van der Waals surface area contributed by atoms with E-state index in [1.54, 1.807) is 7.05 Å². The number of amides is 1. The molecule has 2 N–H and O–H groups in total.